The van der Waals surface area contributed by atoms with Crippen LogP contribution in [-0.2, 0) is 0 Å². The molecule has 3 rings (SSSR count). The van der Waals surface area contributed by atoms with E-state index in [1.807, 2.05) is 0 Å². The van der Waals surface area contributed by atoms with Gasteiger partial charge < -0.3 is 4.98 Å². The van der Waals surface area contributed by atoms with E-state index >= 15 is 0 Å². The molecule has 3 aromatic rings. The van der Waals surface area contributed by atoms with E-state index in [0.29, 0.717) is 27.4 Å². The quantitative estimate of drug-likeness (QED) is 0.340. The van der Waals surface area contributed by atoms with Crippen LogP contribution in [0, 0.1) is 10.1 Å². The molecule has 0 atom stereocenters. The van der Waals surface area contributed by atoms with E-state index in [1.165, 1.54) is 30.9 Å². The number of hydrogen-bond donors (Lipinski definition) is 1. The Morgan fingerprint density at radius 1 is 1.29 bits per heavy atom. The Hall–Kier alpha value is -2.81. The molecule has 0 radical (unpaired) electrons. The molecule has 0 saturated carbocycles. The van der Waals surface area contributed by atoms with Crippen LogP contribution in [-0.4, -0.2) is 31.1 Å². The molecule has 0 aliphatic rings. The van der Waals surface area contributed by atoms with Gasteiger partial charge in [0.15, 0.2) is 5.65 Å². The van der Waals surface area contributed by atoms with Crippen LogP contribution in [0.3, 0.4) is 0 Å². The predicted octanol–water partition coefficient (Wildman–Crippen LogP) is 2.22. The van der Waals surface area contributed by atoms with Crippen molar-refractivity contribution in [1.82, 2.24) is 19.9 Å². The predicted molar refractivity (Wildman–Crippen MR) is 74.3 cm³/mol. The lowest BCUT2D eigenvalue weighted by Gasteiger charge is -2.03. The van der Waals surface area contributed by atoms with E-state index in [1.54, 1.807) is 0 Å². The minimum atomic E-state index is -0.527. The molecule has 2 aromatic heterocycles. The summed E-state index contributed by atoms with van der Waals surface area (Å²) in [4.78, 5) is 36.7. The molecule has 0 unspecified atom stereocenters. The zero-order valence-corrected chi connectivity index (χ0v) is 11.2. The third-order valence-corrected chi connectivity index (χ3v) is 3.78. The van der Waals surface area contributed by atoms with Crippen molar-refractivity contribution in [3.63, 3.8) is 0 Å². The van der Waals surface area contributed by atoms with Crippen LogP contribution in [0.25, 0.3) is 11.2 Å². The molecular weight excluding hydrogens is 294 g/mol. The Kier molecular flexibility index (Phi) is 3.32. The largest absolute Gasteiger partial charge is 0.341 e. The fraction of sp³-hybridized carbons (Fsp3) is 0. The summed E-state index contributed by atoms with van der Waals surface area (Å²) >= 11 is 1.12. The summed E-state index contributed by atoms with van der Waals surface area (Å²) in [6.45, 7) is 0. The van der Waals surface area contributed by atoms with E-state index in [2.05, 4.69) is 19.9 Å². The number of rotatable bonds is 4. The van der Waals surface area contributed by atoms with Gasteiger partial charge in [-0.05, 0) is 6.07 Å². The molecule has 0 fully saturated rings. The van der Waals surface area contributed by atoms with Crippen molar-refractivity contribution in [3.8, 4) is 0 Å². The molecular formula is C12H7N5O3S. The van der Waals surface area contributed by atoms with Gasteiger partial charge in [0, 0.05) is 11.6 Å². The first-order chi connectivity index (χ1) is 10.2. The topological polar surface area (TPSA) is 115 Å². The number of carbonyl (C=O) groups is 1. The first-order valence-electron chi connectivity index (χ1n) is 5.74. The molecule has 21 heavy (non-hydrogen) atoms. The van der Waals surface area contributed by atoms with E-state index in [9.17, 15) is 14.9 Å². The number of H-pyrrole nitrogens is 1. The summed E-state index contributed by atoms with van der Waals surface area (Å²) < 4.78 is 0. The number of hydrogen-bond acceptors (Lipinski definition) is 7. The van der Waals surface area contributed by atoms with Gasteiger partial charge >= 0.3 is 0 Å². The number of fused-ring (bicyclic) bond motifs is 1. The second-order valence-corrected chi connectivity index (χ2v) is 5.01. The molecule has 0 aliphatic carbocycles. The minimum Gasteiger partial charge on any atom is -0.341 e. The Bertz CT molecular complexity index is 848. The minimum absolute atomic E-state index is 0.143. The lowest BCUT2D eigenvalue weighted by molar-refractivity contribution is -0.387. The molecule has 0 spiro atoms. The highest BCUT2D eigenvalue weighted by Gasteiger charge is 2.18. The van der Waals surface area contributed by atoms with Crippen molar-refractivity contribution in [1.29, 1.82) is 0 Å². The Morgan fingerprint density at radius 2 is 2.14 bits per heavy atom. The van der Waals surface area contributed by atoms with E-state index in [0.717, 1.165) is 11.8 Å². The van der Waals surface area contributed by atoms with Crippen molar-refractivity contribution in [3.05, 3.63) is 46.5 Å². The Morgan fingerprint density at radius 3 is 2.90 bits per heavy atom. The van der Waals surface area contributed by atoms with E-state index < -0.39 is 4.92 Å². The number of nitrogens with zero attached hydrogens (tertiary/aromatic N) is 4. The van der Waals surface area contributed by atoms with Crippen LogP contribution in [0.15, 0.2) is 40.8 Å². The summed E-state index contributed by atoms with van der Waals surface area (Å²) in [5.41, 5.74) is 1.20. The summed E-state index contributed by atoms with van der Waals surface area (Å²) in [6, 6.07) is 4.28. The van der Waals surface area contributed by atoms with Gasteiger partial charge in [-0.3, -0.25) is 14.9 Å². The third-order valence-electron chi connectivity index (χ3n) is 2.71. The average molecular weight is 301 g/mol. The lowest BCUT2D eigenvalue weighted by atomic mass is 10.2. The number of aromatic nitrogens is 4. The molecule has 104 valence electrons. The summed E-state index contributed by atoms with van der Waals surface area (Å²) in [5, 5.41) is 11.6. The SMILES string of the molecule is O=Cc1ccc(Sc2ncnc3nc[nH]c23)c([N+](=O)[O-])c1. The van der Waals surface area contributed by atoms with Crippen LogP contribution in [0.5, 0.6) is 0 Å². The van der Waals surface area contributed by atoms with Gasteiger partial charge in [-0.25, -0.2) is 15.0 Å². The third kappa shape index (κ3) is 2.46. The maximum Gasteiger partial charge on any atom is 0.284 e. The van der Waals surface area contributed by atoms with Gasteiger partial charge in [-0.2, -0.15) is 0 Å². The first-order valence-corrected chi connectivity index (χ1v) is 6.56. The Balaban J connectivity index is 2.07. The van der Waals surface area contributed by atoms with Crippen LogP contribution in [0.4, 0.5) is 5.69 Å². The molecule has 0 amide bonds. The maximum absolute atomic E-state index is 11.1. The van der Waals surface area contributed by atoms with Crippen LogP contribution in [0.1, 0.15) is 10.4 Å². The fourth-order valence-corrected chi connectivity index (χ4v) is 2.70. The Labute approximate surface area is 121 Å². The average Bonchev–Trinajstić information content (AvgIpc) is 2.97. The van der Waals surface area contributed by atoms with Crippen molar-refractivity contribution >= 4 is 34.9 Å². The van der Waals surface area contributed by atoms with Crippen LogP contribution in [0.2, 0.25) is 0 Å². The number of imidazole rings is 1. The first kappa shape index (κ1) is 13.2. The number of carbonyl (C=O) groups excluding carboxylic acids is 1. The van der Waals surface area contributed by atoms with Gasteiger partial charge in [-0.15, -0.1) is 0 Å². The normalized spacial score (nSPS) is 10.7. The molecule has 2 heterocycles. The van der Waals surface area contributed by atoms with Gasteiger partial charge in [-0.1, -0.05) is 17.8 Å². The smallest absolute Gasteiger partial charge is 0.284 e. The summed E-state index contributed by atoms with van der Waals surface area (Å²) in [5.74, 6) is 0. The molecule has 9 heteroatoms. The highest BCUT2D eigenvalue weighted by molar-refractivity contribution is 7.99. The molecule has 1 aromatic carbocycles. The van der Waals surface area contributed by atoms with Crippen molar-refractivity contribution in [2.45, 2.75) is 9.92 Å². The highest BCUT2D eigenvalue weighted by Crippen LogP contribution is 2.36. The van der Waals surface area contributed by atoms with Crippen LogP contribution < -0.4 is 0 Å². The van der Waals surface area contributed by atoms with Crippen molar-refractivity contribution < 1.29 is 9.72 Å². The summed E-state index contributed by atoms with van der Waals surface area (Å²) in [6.07, 6.45) is 3.39. The second kappa shape index (κ2) is 5.29. The summed E-state index contributed by atoms with van der Waals surface area (Å²) in [7, 11) is 0. The van der Waals surface area contributed by atoms with Crippen LogP contribution >= 0.6 is 11.8 Å². The standard InChI is InChI=1S/C12H7N5O3S/c18-4-7-1-2-9(8(3-7)17(19)20)21-12-10-11(14-5-13-10)15-6-16-12/h1-6H,(H,13,14,15,16). The zero-order chi connectivity index (χ0) is 14.8. The van der Waals surface area contributed by atoms with E-state index in [-0.39, 0.29) is 11.3 Å². The number of benzene rings is 1. The number of aldehydes is 1. The number of aromatic amines is 1. The van der Waals surface area contributed by atoms with Gasteiger partial charge in [0.2, 0.25) is 0 Å². The molecule has 0 saturated heterocycles. The molecule has 0 bridgehead atoms. The van der Waals surface area contributed by atoms with Gasteiger partial charge in [0.05, 0.1) is 16.1 Å². The van der Waals surface area contributed by atoms with Crippen molar-refractivity contribution in [2.75, 3.05) is 0 Å². The molecule has 1 N–H and O–H groups in total. The number of nitro benzene ring substituents is 1. The van der Waals surface area contributed by atoms with Gasteiger partial charge in [0.1, 0.15) is 23.2 Å². The van der Waals surface area contributed by atoms with E-state index in [4.69, 9.17) is 0 Å². The maximum atomic E-state index is 11.1. The monoisotopic (exact) mass is 301 g/mol. The lowest BCUT2D eigenvalue weighted by Crippen LogP contribution is -1.94. The highest BCUT2D eigenvalue weighted by atomic mass is 32.2. The number of nitro groups is 1. The number of nitrogens with one attached hydrogen (secondary N) is 1. The fourth-order valence-electron chi connectivity index (χ4n) is 1.76. The molecule has 8 nitrogen and oxygen atoms in total. The zero-order valence-electron chi connectivity index (χ0n) is 10.4. The van der Waals surface area contributed by atoms with Gasteiger partial charge in [0.25, 0.3) is 5.69 Å². The molecule has 0 aliphatic heterocycles. The van der Waals surface area contributed by atoms with Crippen molar-refractivity contribution in [2.24, 2.45) is 0 Å². The second-order valence-electron chi connectivity index (χ2n) is 3.98.